The van der Waals surface area contributed by atoms with Crippen LogP contribution in [0.4, 0.5) is 36.4 Å². The second-order valence-electron chi connectivity index (χ2n) is 6.23. The Morgan fingerprint density at radius 3 is 2.16 bits per heavy atom. The van der Waals surface area contributed by atoms with E-state index in [1.807, 2.05) is 0 Å². The molecule has 0 spiro atoms. The number of hydrogen-bond acceptors (Lipinski definition) is 6. The van der Waals surface area contributed by atoms with Gasteiger partial charge in [-0.3, -0.25) is 19.1 Å². The number of carbonyl (C=O) groups is 1. The number of halogens is 7. The van der Waals surface area contributed by atoms with Crippen LogP contribution in [-0.2, 0) is 31.1 Å². The predicted molar refractivity (Wildman–Crippen MR) is 94.1 cm³/mol. The molecule has 0 aromatic heterocycles. The molecule has 1 aromatic rings. The van der Waals surface area contributed by atoms with Crippen molar-refractivity contribution in [1.29, 1.82) is 0 Å². The molecular formula is C15H13F7N2O6S2. The lowest BCUT2D eigenvalue weighted by Gasteiger charge is -2.27. The van der Waals surface area contributed by atoms with Crippen LogP contribution >= 0.6 is 0 Å². The van der Waals surface area contributed by atoms with E-state index in [2.05, 4.69) is 0 Å². The third-order valence-corrected chi connectivity index (χ3v) is 6.91. The summed E-state index contributed by atoms with van der Waals surface area (Å²) in [6.07, 6.45) is -6.75. The van der Waals surface area contributed by atoms with E-state index in [9.17, 15) is 54.1 Å². The zero-order chi connectivity index (χ0) is 24.5. The average Bonchev–Trinajstić information content (AvgIpc) is 2.72. The summed E-state index contributed by atoms with van der Waals surface area (Å²) in [6, 6.07) is 0.911. The Kier molecular flexibility index (Phi) is 7.66. The molecule has 180 valence electrons. The van der Waals surface area contributed by atoms with Gasteiger partial charge in [0.25, 0.3) is 5.69 Å². The van der Waals surface area contributed by atoms with E-state index in [1.165, 1.54) is 4.90 Å². The van der Waals surface area contributed by atoms with Gasteiger partial charge in [-0.2, -0.15) is 30.7 Å². The first kappa shape index (κ1) is 26.1. The standard InChI is InChI=1S/C15H13F7N2O6S2/c16-13(17,14(18,19)20)15(21,22)32(29)9-1-2-11(10(7-9)24(26)27)31(28)8-12(25)23-3-5-30-6-4-23/h1-2,7H,3-6,8H2. The molecule has 2 unspecified atom stereocenters. The number of nitro benzene ring substituents is 1. The highest BCUT2D eigenvalue weighted by atomic mass is 32.2. The van der Waals surface area contributed by atoms with Gasteiger partial charge in [0.2, 0.25) is 5.91 Å². The van der Waals surface area contributed by atoms with Gasteiger partial charge >= 0.3 is 17.4 Å². The topological polar surface area (TPSA) is 107 Å². The molecule has 0 N–H and O–H groups in total. The van der Waals surface area contributed by atoms with E-state index in [0.717, 1.165) is 0 Å². The number of benzene rings is 1. The highest BCUT2D eigenvalue weighted by Gasteiger charge is 2.76. The van der Waals surface area contributed by atoms with E-state index in [-0.39, 0.29) is 32.4 Å². The van der Waals surface area contributed by atoms with Gasteiger partial charge < -0.3 is 9.64 Å². The zero-order valence-corrected chi connectivity index (χ0v) is 17.2. The van der Waals surface area contributed by atoms with E-state index < -0.39 is 71.0 Å². The molecule has 32 heavy (non-hydrogen) atoms. The number of carbonyl (C=O) groups excluding carboxylic acids is 1. The average molecular weight is 514 g/mol. The number of morpholine rings is 1. The molecule has 0 aliphatic carbocycles. The first-order valence-electron chi connectivity index (χ1n) is 8.38. The minimum atomic E-state index is -6.75. The van der Waals surface area contributed by atoms with Crippen molar-refractivity contribution < 1.29 is 53.6 Å². The highest BCUT2D eigenvalue weighted by Crippen LogP contribution is 2.49. The maximum atomic E-state index is 13.7. The largest absolute Gasteiger partial charge is 0.461 e. The SMILES string of the molecule is O=C(CS(=O)c1ccc(S(=O)C(F)(F)C(F)(F)C(F)(F)F)cc1[N+](=O)[O-])N1CCOCC1. The fourth-order valence-corrected chi connectivity index (χ4v) is 4.67. The Morgan fingerprint density at radius 2 is 1.66 bits per heavy atom. The van der Waals surface area contributed by atoms with Crippen LogP contribution in [-0.4, -0.2) is 73.6 Å². The molecule has 1 saturated heterocycles. The quantitative estimate of drug-likeness (QED) is 0.315. The number of rotatable bonds is 7. The van der Waals surface area contributed by atoms with Crippen LogP contribution in [0.3, 0.4) is 0 Å². The highest BCUT2D eigenvalue weighted by molar-refractivity contribution is 7.86. The molecule has 0 radical (unpaired) electrons. The number of hydrogen-bond donors (Lipinski definition) is 0. The molecule has 1 aromatic carbocycles. The molecule has 2 rings (SSSR count). The van der Waals surface area contributed by atoms with Gasteiger partial charge in [-0.1, -0.05) is 0 Å². The summed E-state index contributed by atoms with van der Waals surface area (Å²) in [6.45, 7) is 0.739. The Labute approximate surface area is 179 Å². The van der Waals surface area contributed by atoms with Crippen molar-refractivity contribution in [3.63, 3.8) is 0 Å². The van der Waals surface area contributed by atoms with Crippen molar-refractivity contribution in [2.24, 2.45) is 0 Å². The summed E-state index contributed by atoms with van der Waals surface area (Å²) >= 11 is 0. The molecule has 0 saturated carbocycles. The molecule has 2 atom stereocenters. The van der Waals surface area contributed by atoms with Crippen LogP contribution in [0.15, 0.2) is 28.0 Å². The van der Waals surface area contributed by atoms with Crippen LogP contribution < -0.4 is 0 Å². The van der Waals surface area contributed by atoms with E-state index in [1.54, 1.807) is 0 Å². The zero-order valence-electron chi connectivity index (χ0n) is 15.6. The van der Waals surface area contributed by atoms with Gasteiger partial charge in [0.05, 0.1) is 33.8 Å². The maximum Gasteiger partial charge on any atom is 0.461 e. The summed E-state index contributed by atoms with van der Waals surface area (Å²) in [7, 11) is -6.78. The summed E-state index contributed by atoms with van der Waals surface area (Å²) in [4.78, 5) is 21.2. The molecule has 1 heterocycles. The Balaban J connectivity index is 2.35. The van der Waals surface area contributed by atoms with Gasteiger partial charge in [-0.05, 0) is 12.1 Å². The molecule has 1 aliphatic rings. The number of nitrogens with zero attached hydrogens (tertiary/aromatic N) is 2. The normalized spacial score (nSPS) is 17.7. The van der Waals surface area contributed by atoms with Crippen molar-refractivity contribution >= 4 is 33.2 Å². The fraction of sp³-hybridized carbons (Fsp3) is 0.533. The van der Waals surface area contributed by atoms with Gasteiger partial charge in [-0.15, -0.1) is 0 Å². The van der Waals surface area contributed by atoms with Gasteiger partial charge in [0.15, 0.2) is 0 Å². The lowest BCUT2D eigenvalue weighted by atomic mass is 10.3. The molecule has 17 heteroatoms. The van der Waals surface area contributed by atoms with Crippen molar-refractivity contribution in [1.82, 2.24) is 4.90 Å². The van der Waals surface area contributed by atoms with Crippen LogP contribution in [0.2, 0.25) is 0 Å². The van der Waals surface area contributed by atoms with E-state index in [4.69, 9.17) is 4.74 Å². The summed E-state index contributed by atoms with van der Waals surface area (Å²) in [5.74, 6) is -8.14. The second kappa shape index (κ2) is 9.38. The predicted octanol–water partition coefficient (Wildman–Crippen LogP) is 2.46. The minimum Gasteiger partial charge on any atom is -0.378 e. The van der Waals surface area contributed by atoms with Crippen LogP contribution in [0.1, 0.15) is 0 Å². The molecular weight excluding hydrogens is 501 g/mol. The van der Waals surface area contributed by atoms with Crippen molar-refractivity contribution in [3.05, 3.63) is 28.3 Å². The Bertz CT molecular complexity index is 951. The molecule has 1 fully saturated rings. The van der Waals surface area contributed by atoms with Crippen LogP contribution in [0, 0.1) is 10.1 Å². The molecule has 8 nitrogen and oxygen atoms in total. The van der Waals surface area contributed by atoms with Crippen molar-refractivity contribution in [3.8, 4) is 0 Å². The Hall–Kier alpha value is -2.14. The van der Waals surface area contributed by atoms with Crippen LogP contribution in [0.5, 0.6) is 0 Å². The first-order valence-corrected chi connectivity index (χ1v) is 10.8. The lowest BCUT2D eigenvalue weighted by molar-refractivity contribution is -0.388. The fourth-order valence-electron chi connectivity index (χ4n) is 2.47. The smallest absolute Gasteiger partial charge is 0.378 e. The third-order valence-electron chi connectivity index (χ3n) is 4.16. The lowest BCUT2D eigenvalue weighted by Crippen LogP contribution is -2.54. The van der Waals surface area contributed by atoms with Gasteiger partial charge in [0.1, 0.15) is 21.4 Å². The summed E-state index contributed by atoms with van der Waals surface area (Å²) < 4.78 is 120. The molecule has 1 aliphatic heterocycles. The van der Waals surface area contributed by atoms with Crippen molar-refractivity contribution in [2.75, 3.05) is 32.1 Å². The van der Waals surface area contributed by atoms with Gasteiger partial charge in [-0.25, -0.2) is 4.21 Å². The number of amides is 1. The van der Waals surface area contributed by atoms with Gasteiger partial charge in [0, 0.05) is 19.2 Å². The summed E-state index contributed by atoms with van der Waals surface area (Å²) in [5.41, 5.74) is -1.24. The monoisotopic (exact) mass is 514 g/mol. The minimum absolute atomic E-state index is 0.0585. The molecule has 1 amide bonds. The number of nitro groups is 1. The summed E-state index contributed by atoms with van der Waals surface area (Å²) in [5, 5.41) is 5.08. The third kappa shape index (κ3) is 5.09. The number of alkyl halides is 7. The van der Waals surface area contributed by atoms with Crippen LogP contribution in [0.25, 0.3) is 0 Å². The van der Waals surface area contributed by atoms with E-state index in [0.29, 0.717) is 12.1 Å². The Morgan fingerprint density at radius 1 is 1.09 bits per heavy atom. The van der Waals surface area contributed by atoms with E-state index >= 15 is 0 Å². The maximum absolute atomic E-state index is 13.7. The first-order chi connectivity index (χ1) is 14.6. The number of ether oxygens (including phenoxy) is 1. The second-order valence-corrected chi connectivity index (χ2v) is 9.17. The molecule has 0 bridgehead atoms. The van der Waals surface area contributed by atoms with Crippen molar-refractivity contribution in [2.45, 2.75) is 27.1 Å².